The van der Waals surface area contributed by atoms with Crippen LogP contribution in [0.15, 0.2) is 30.3 Å². The van der Waals surface area contributed by atoms with Crippen LogP contribution in [0.5, 0.6) is 0 Å². The van der Waals surface area contributed by atoms with Gasteiger partial charge in [-0.1, -0.05) is 30.3 Å². The predicted octanol–water partition coefficient (Wildman–Crippen LogP) is 0.535. The van der Waals surface area contributed by atoms with Crippen molar-refractivity contribution in [1.82, 2.24) is 0 Å². The molecule has 0 aromatic heterocycles. The normalized spacial score (nSPS) is 15.3. The molecule has 7 heteroatoms. The van der Waals surface area contributed by atoms with Crippen LogP contribution in [0.4, 0.5) is 0 Å². The topological polar surface area (TPSA) is 86.6 Å². The SMILES string of the molecule is COCO[C@H]([C@H](COCc1ccccc1)OCOC)[C@@H](O)CO. The first-order chi connectivity index (χ1) is 11.2. The standard InChI is InChI=1S/C16H26O7/c1-19-11-22-15(16(14(18)8-17)23-12-20-2)10-21-9-13-6-4-3-5-7-13/h3-7,14-18H,8-12H2,1-2H3/t14-,15-,16-/m0/s1. The summed E-state index contributed by atoms with van der Waals surface area (Å²) in [6, 6.07) is 9.69. The van der Waals surface area contributed by atoms with E-state index in [1.165, 1.54) is 14.2 Å². The van der Waals surface area contributed by atoms with Crippen molar-refractivity contribution in [2.75, 3.05) is 41.0 Å². The molecule has 0 aliphatic heterocycles. The molecule has 1 aromatic carbocycles. The van der Waals surface area contributed by atoms with E-state index in [-0.39, 0.29) is 20.2 Å². The molecule has 0 aliphatic carbocycles. The van der Waals surface area contributed by atoms with E-state index in [1.807, 2.05) is 30.3 Å². The van der Waals surface area contributed by atoms with Gasteiger partial charge in [-0.25, -0.2) is 0 Å². The minimum atomic E-state index is -1.12. The fourth-order valence-electron chi connectivity index (χ4n) is 1.98. The Balaban J connectivity index is 2.59. The third-order valence-electron chi connectivity index (χ3n) is 3.10. The Bertz CT molecular complexity index is 387. The zero-order valence-electron chi connectivity index (χ0n) is 13.6. The molecule has 0 fully saturated rings. The van der Waals surface area contributed by atoms with E-state index in [0.717, 1.165) is 5.56 Å². The van der Waals surface area contributed by atoms with E-state index in [4.69, 9.17) is 23.7 Å². The van der Waals surface area contributed by atoms with Gasteiger partial charge in [-0.2, -0.15) is 0 Å². The van der Waals surface area contributed by atoms with Gasteiger partial charge in [-0.15, -0.1) is 0 Å². The van der Waals surface area contributed by atoms with Gasteiger partial charge in [0, 0.05) is 14.2 Å². The van der Waals surface area contributed by atoms with Gasteiger partial charge < -0.3 is 33.9 Å². The van der Waals surface area contributed by atoms with E-state index in [2.05, 4.69) is 0 Å². The second-order valence-electron chi connectivity index (χ2n) is 4.90. The van der Waals surface area contributed by atoms with E-state index < -0.39 is 24.9 Å². The first-order valence-corrected chi connectivity index (χ1v) is 7.34. The predicted molar refractivity (Wildman–Crippen MR) is 82.7 cm³/mol. The Morgan fingerprint density at radius 3 is 2.26 bits per heavy atom. The molecule has 132 valence electrons. The molecule has 0 amide bonds. The van der Waals surface area contributed by atoms with Crippen LogP contribution >= 0.6 is 0 Å². The van der Waals surface area contributed by atoms with Crippen LogP contribution in [0, 0.1) is 0 Å². The van der Waals surface area contributed by atoms with Crippen LogP contribution in [0.1, 0.15) is 5.56 Å². The van der Waals surface area contributed by atoms with Crippen molar-refractivity contribution in [3.8, 4) is 0 Å². The number of ether oxygens (including phenoxy) is 5. The van der Waals surface area contributed by atoms with Crippen molar-refractivity contribution in [1.29, 1.82) is 0 Å². The van der Waals surface area contributed by atoms with Crippen molar-refractivity contribution < 1.29 is 33.9 Å². The Labute approximate surface area is 136 Å². The molecule has 0 radical (unpaired) electrons. The van der Waals surface area contributed by atoms with Crippen molar-refractivity contribution in [2.24, 2.45) is 0 Å². The van der Waals surface area contributed by atoms with Gasteiger partial charge in [-0.05, 0) is 5.56 Å². The van der Waals surface area contributed by atoms with Gasteiger partial charge in [0.2, 0.25) is 0 Å². The molecular weight excluding hydrogens is 304 g/mol. The van der Waals surface area contributed by atoms with Crippen LogP contribution in [0.2, 0.25) is 0 Å². The molecule has 1 rings (SSSR count). The van der Waals surface area contributed by atoms with Crippen LogP contribution in [0.3, 0.4) is 0 Å². The maximum Gasteiger partial charge on any atom is 0.146 e. The Hall–Kier alpha value is -1.06. The summed E-state index contributed by atoms with van der Waals surface area (Å²) in [4.78, 5) is 0. The maximum absolute atomic E-state index is 9.92. The molecule has 0 heterocycles. The second kappa shape index (κ2) is 12.4. The smallest absolute Gasteiger partial charge is 0.146 e. The molecule has 0 bridgehead atoms. The summed E-state index contributed by atoms with van der Waals surface area (Å²) >= 11 is 0. The van der Waals surface area contributed by atoms with E-state index >= 15 is 0 Å². The molecule has 23 heavy (non-hydrogen) atoms. The lowest BCUT2D eigenvalue weighted by Crippen LogP contribution is -2.46. The number of hydrogen-bond acceptors (Lipinski definition) is 7. The zero-order valence-corrected chi connectivity index (χ0v) is 13.6. The molecule has 0 spiro atoms. The summed E-state index contributed by atoms with van der Waals surface area (Å²) in [5.41, 5.74) is 1.02. The fourth-order valence-corrected chi connectivity index (χ4v) is 1.98. The van der Waals surface area contributed by atoms with Gasteiger partial charge in [0.05, 0.1) is 19.8 Å². The zero-order chi connectivity index (χ0) is 16.9. The molecule has 1 aromatic rings. The third kappa shape index (κ3) is 7.85. The lowest BCUT2D eigenvalue weighted by molar-refractivity contribution is -0.202. The average Bonchev–Trinajstić information content (AvgIpc) is 2.59. The quantitative estimate of drug-likeness (QED) is 0.510. The summed E-state index contributed by atoms with van der Waals surface area (Å²) < 4.78 is 26.3. The minimum Gasteiger partial charge on any atom is -0.394 e. The lowest BCUT2D eigenvalue weighted by atomic mass is 10.1. The molecule has 3 atom stereocenters. The summed E-state index contributed by atoms with van der Waals surface area (Å²) in [5.74, 6) is 0. The average molecular weight is 330 g/mol. The van der Waals surface area contributed by atoms with Gasteiger partial charge in [-0.3, -0.25) is 0 Å². The highest BCUT2D eigenvalue weighted by molar-refractivity contribution is 5.13. The van der Waals surface area contributed by atoms with Crippen molar-refractivity contribution >= 4 is 0 Å². The number of aliphatic hydroxyl groups excluding tert-OH is 2. The number of aliphatic hydroxyl groups is 2. The summed E-state index contributed by atoms with van der Waals surface area (Å²) in [6.45, 7) is 0.0983. The Morgan fingerprint density at radius 1 is 1.00 bits per heavy atom. The lowest BCUT2D eigenvalue weighted by Gasteiger charge is -2.29. The maximum atomic E-state index is 9.92. The monoisotopic (exact) mass is 330 g/mol. The summed E-state index contributed by atoms with van der Waals surface area (Å²) in [5, 5.41) is 19.1. The van der Waals surface area contributed by atoms with Gasteiger partial charge in [0.25, 0.3) is 0 Å². The first kappa shape index (κ1) is 20.0. The molecule has 2 N–H and O–H groups in total. The minimum absolute atomic E-state index is 0.0182. The third-order valence-corrected chi connectivity index (χ3v) is 3.10. The molecule has 0 aliphatic rings. The van der Waals surface area contributed by atoms with Gasteiger partial charge >= 0.3 is 0 Å². The number of methoxy groups -OCH3 is 2. The molecule has 0 unspecified atom stereocenters. The van der Waals surface area contributed by atoms with Crippen LogP contribution in [0.25, 0.3) is 0 Å². The van der Waals surface area contributed by atoms with E-state index in [9.17, 15) is 10.2 Å². The van der Waals surface area contributed by atoms with Crippen LogP contribution < -0.4 is 0 Å². The Morgan fingerprint density at radius 2 is 1.65 bits per heavy atom. The largest absolute Gasteiger partial charge is 0.394 e. The second-order valence-corrected chi connectivity index (χ2v) is 4.90. The summed E-state index contributed by atoms with van der Waals surface area (Å²) in [6.07, 6.45) is -2.53. The number of rotatable bonds is 13. The van der Waals surface area contributed by atoms with Crippen molar-refractivity contribution in [3.05, 3.63) is 35.9 Å². The molecular formula is C16H26O7. The van der Waals surface area contributed by atoms with Crippen LogP contribution in [-0.4, -0.2) is 69.5 Å². The number of hydrogen-bond donors (Lipinski definition) is 2. The first-order valence-electron chi connectivity index (χ1n) is 7.34. The highest BCUT2D eigenvalue weighted by Crippen LogP contribution is 2.12. The fraction of sp³-hybridized carbons (Fsp3) is 0.625. The molecule has 7 nitrogen and oxygen atoms in total. The van der Waals surface area contributed by atoms with E-state index in [1.54, 1.807) is 0 Å². The summed E-state index contributed by atoms with van der Waals surface area (Å²) in [7, 11) is 2.97. The van der Waals surface area contributed by atoms with Crippen molar-refractivity contribution in [2.45, 2.75) is 24.9 Å². The number of benzene rings is 1. The van der Waals surface area contributed by atoms with Crippen molar-refractivity contribution in [3.63, 3.8) is 0 Å². The molecule has 0 saturated carbocycles. The Kier molecular flexibility index (Phi) is 10.8. The van der Waals surface area contributed by atoms with Crippen LogP contribution in [-0.2, 0) is 30.3 Å². The van der Waals surface area contributed by atoms with E-state index in [0.29, 0.717) is 6.61 Å². The molecule has 0 saturated heterocycles. The van der Waals surface area contributed by atoms with Gasteiger partial charge in [0.1, 0.15) is 31.9 Å². The van der Waals surface area contributed by atoms with Gasteiger partial charge in [0.15, 0.2) is 0 Å². The highest BCUT2D eigenvalue weighted by atomic mass is 16.7. The highest BCUT2D eigenvalue weighted by Gasteiger charge is 2.30.